The maximum Gasteiger partial charge on any atom is 0.333 e. The fraction of sp³-hybridized carbons (Fsp3) is 0.583. The van der Waals surface area contributed by atoms with E-state index in [-0.39, 0.29) is 6.61 Å². The first-order valence-corrected chi connectivity index (χ1v) is 5.04. The zero-order chi connectivity index (χ0) is 11.5. The third kappa shape index (κ3) is 7.77. The number of methoxy groups -OCH3 is 1. The van der Waals surface area contributed by atoms with E-state index in [0.29, 0.717) is 0 Å². The molecule has 0 saturated heterocycles. The molecule has 0 rings (SSSR count). The molecule has 84 valence electrons. The van der Waals surface area contributed by atoms with Gasteiger partial charge in [0.15, 0.2) is 6.10 Å². The molecule has 0 heterocycles. The Hall–Kier alpha value is -1.27. The number of hydrogen-bond acceptors (Lipinski definition) is 3. The van der Waals surface area contributed by atoms with Crippen LogP contribution in [0.5, 0.6) is 0 Å². The van der Waals surface area contributed by atoms with Gasteiger partial charge in [0.05, 0.1) is 0 Å². The van der Waals surface area contributed by atoms with Gasteiger partial charge in [-0.15, -0.1) is 0 Å². The smallest absolute Gasteiger partial charge is 0.333 e. The summed E-state index contributed by atoms with van der Waals surface area (Å²) in [6.45, 7) is 3.87. The van der Waals surface area contributed by atoms with Crippen molar-refractivity contribution in [1.82, 2.24) is 0 Å². The maximum atomic E-state index is 11.1. The molecule has 0 aliphatic heterocycles. The summed E-state index contributed by atoms with van der Waals surface area (Å²) >= 11 is 0. The SMILES string of the molecule is C/C=C/C(C#CCCC)OC(=O)COC. The average molecular weight is 210 g/mol. The minimum absolute atomic E-state index is 0.0382. The monoisotopic (exact) mass is 210 g/mol. The molecule has 0 bridgehead atoms. The van der Waals surface area contributed by atoms with Gasteiger partial charge in [0.25, 0.3) is 0 Å². The normalized spacial score (nSPS) is 11.9. The standard InChI is InChI=1S/C12H18O3/c1-4-6-7-9-11(8-5-2)15-12(13)10-14-3/h5,8,11H,4,6,10H2,1-3H3/b8-5+. The molecular weight excluding hydrogens is 192 g/mol. The number of carbonyl (C=O) groups is 1. The molecular formula is C12H18O3. The van der Waals surface area contributed by atoms with Crippen LogP contribution in [0.25, 0.3) is 0 Å². The van der Waals surface area contributed by atoms with Gasteiger partial charge in [-0.1, -0.05) is 24.8 Å². The molecule has 1 unspecified atom stereocenters. The van der Waals surface area contributed by atoms with Gasteiger partial charge >= 0.3 is 5.97 Å². The average Bonchev–Trinajstić information content (AvgIpc) is 2.18. The zero-order valence-electron chi connectivity index (χ0n) is 9.58. The highest BCUT2D eigenvalue weighted by Crippen LogP contribution is 1.95. The van der Waals surface area contributed by atoms with Gasteiger partial charge in [-0.05, 0) is 19.4 Å². The molecule has 0 aliphatic carbocycles. The highest BCUT2D eigenvalue weighted by Gasteiger charge is 2.07. The summed E-state index contributed by atoms with van der Waals surface area (Å²) in [5, 5.41) is 0. The maximum absolute atomic E-state index is 11.1. The minimum atomic E-state index is -0.454. The summed E-state index contributed by atoms with van der Waals surface area (Å²) in [5.41, 5.74) is 0. The van der Waals surface area contributed by atoms with E-state index < -0.39 is 12.1 Å². The van der Waals surface area contributed by atoms with E-state index in [4.69, 9.17) is 4.74 Å². The Balaban J connectivity index is 4.17. The molecule has 3 heteroatoms. The quantitative estimate of drug-likeness (QED) is 0.395. The van der Waals surface area contributed by atoms with Crippen molar-refractivity contribution in [3.8, 4) is 11.8 Å². The van der Waals surface area contributed by atoms with Crippen molar-refractivity contribution in [2.45, 2.75) is 32.8 Å². The van der Waals surface area contributed by atoms with Crippen LogP contribution in [0.2, 0.25) is 0 Å². The van der Waals surface area contributed by atoms with Crippen LogP contribution >= 0.6 is 0 Å². The Labute approximate surface area is 91.5 Å². The number of esters is 1. The topological polar surface area (TPSA) is 35.5 Å². The summed E-state index contributed by atoms with van der Waals surface area (Å²) in [6.07, 6.45) is 4.92. The fourth-order valence-electron chi connectivity index (χ4n) is 0.883. The third-order valence-corrected chi connectivity index (χ3v) is 1.51. The summed E-state index contributed by atoms with van der Waals surface area (Å²) in [5.74, 6) is 5.43. The van der Waals surface area contributed by atoms with E-state index >= 15 is 0 Å². The number of hydrogen-bond donors (Lipinski definition) is 0. The van der Waals surface area contributed by atoms with E-state index in [0.717, 1.165) is 12.8 Å². The Morgan fingerprint density at radius 3 is 2.80 bits per heavy atom. The Kier molecular flexibility index (Phi) is 8.50. The predicted molar refractivity (Wildman–Crippen MR) is 59.3 cm³/mol. The molecule has 0 spiro atoms. The molecule has 15 heavy (non-hydrogen) atoms. The lowest BCUT2D eigenvalue weighted by Gasteiger charge is -2.07. The van der Waals surface area contributed by atoms with E-state index in [2.05, 4.69) is 23.5 Å². The second kappa shape index (κ2) is 9.29. The van der Waals surface area contributed by atoms with Crippen LogP contribution in [0.15, 0.2) is 12.2 Å². The van der Waals surface area contributed by atoms with Crippen molar-refractivity contribution in [3.05, 3.63) is 12.2 Å². The van der Waals surface area contributed by atoms with Crippen molar-refractivity contribution in [3.63, 3.8) is 0 Å². The van der Waals surface area contributed by atoms with Crippen molar-refractivity contribution >= 4 is 5.97 Å². The zero-order valence-corrected chi connectivity index (χ0v) is 9.58. The second-order valence-electron chi connectivity index (χ2n) is 2.94. The van der Waals surface area contributed by atoms with Crippen LogP contribution < -0.4 is 0 Å². The number of carbonyl (C=O) groups excluding carboxylic acids is 1. The van der Waals surface area contributed by atoms with Crippen LogP contribution in [0, 0.1) is 11.8 Å². The molecule has 0 aromatic rings. The largest absolute Gasteiger partial charge is 0.443 e. The first kappa shape index (κ1) is 13.7. The van der Waals surface area contributed by atoms with Crippen molar-refractivity contribution < 1.29 is 14.3 Å². The molecule has 0 aliphatic rings. The molecule has 0 aromatic heterocycles. The van der Waals surface area contributed by atoms with E-state index in [1.807, 2.05) is 13.0 Å². The van der Waals surface area contributed by atoms with E-state index in [9.17, 15) is 4.79 Å². The Morgan fingerprint density at radius 1 is 1.53 bits per heavy atom. The minimum Gasteiger partial charge on any atom is -0.443 e. The number of unbranched alkanes of at least 4 members (excludes halogenated alkanes) is 1. The van der Waals surface area contributed by atoms with Gasteiger partial charge in [-0.25, -0.2) is 4.79 Å². The van der Waals surface area contributed by atoms with Crippen LogP contribution in [-0.2, 0) is 14.3 Å². The Morgan fingerprint density at radius 2 is 2.27 bits per heavy atom. The van der Waals surface area contributed by atoms with Crippen molar-refractivity contribution in [1.29, 1.82) is 0 Å². The van der Waals surface area contributed by atoms with Gasteiger partial charge in [-0.3, -0.25) is 0 Å². The van der Waals surface area contributed by atoms with E-state index in [1.165, 1.54) is 7.11 Å². The van der Waals surface area contributed by atoms with Crippen LogP contribution in [-0.4, -0.2) is 25.8 Å². The predicted octanol–water partition coefficient (Wildman–Crippen LogP) is 1.92. The summed E-state index contributed by atoms with van der Waals surface area (Å²) in [4.78, 5) is 11.1. The molecule has 0 radical (unpaired) electrons. The van der Waals surface area contributed by atoms with Gasteiger partial charge in [0, 0.05) is 13.5 Å². The van der Waals surface area contributed by atoms with Gasteiger partial charge < -0.3 is 9.47 Å². The van der Waals surface area contributed by atoms with Gasteiger partial charge in [-0.2, -0.15) is 0 Å². The molecule has 0 amide bonds. The lowest BCUT2D eigenvalue weighted by Crippen LogP contribution is -2.18. The van der Waals surface area contributed by atoms with Crippen LogP contribution in [0.3, 0.4) is 0 Å². The molecule has 1 atom stereocenters. The van der Waals surface area contributed by atoms with Gasteiger partial charge in [0.1, 0.15) is 6.61 Å². The first-order chi connectivity index (χ1) is 7.24. The molecule has 0 fully saturated rings. The first-order valence-electron chi connectivity index (χ1n) is 5.04. The lowest BCUT2D eigenvalue weighted by atomic mass is 10.3. The summed E-state index contributed by atoms with van der Waals surface area (Å²) < 4.78 is 9.71. The van der Waals surface area contributed by atoms with Crippen LogP contribution in [0.4, 0.5) is 0 Å². The molecule has 0 aromatic carbocycles. The van der Waals surface area contributed by atoms with Gasteiger partial charge in [0.2, 0.25) is 0 Å². The highest BCUT2D eigenvalue weighted by molar-refractivity contribution is 5.71. The number of rotatable bonds is 5. The second-order valence-corrected chi connectivity index (χ2v) is 2.94. The number of allylic oxidation sites excluding steroid dienone is 1. The molecule has 0 N–H and O–H groups in total. The van der Waals surface area contributed by atoms with E-state index in [1.54, 1.807) is 6.08 Å². The van der Waals surface area contributed by atoms with Crippen LogP contribution in [0.1, 0.15) is 26.7 Å². The summed E-state index contributed by atoms with van der Waals surface area (Å²) in [7, 11) is 1.45. The fourth-order valence-corrected chi connectivity index (χ4v) is 0.883. The highest BCUT2D eigenvalue weighted by atomic mass is 16.6. The molecule has 0 saturated carbocycles. The molecule has 3 nitrogen and oxygen atoms in total. The summed E-state index contributed by atoms with van der Waals surface area (Å²) in [6, 6.07) is 0. The van der Waals surface area contributed by atoms with Crippen molar-refractivity contribution in [2.24, 2.45) is 0 Å². The van der Waals surface area contributed by atoms with Crippen molar-refractivity contribution in [2.75, 3.05) is 13.7 Å². The number of ether oxygens (including phenoxy) is 2. The third-order valence-electron chi connectivity index (χ3n) is 1.51. The lowest BCUT2D eigenvalue weighted by molar-refractivity contribution is -0.149. The Bertz CT molecular complexity index is 258.